The maximum Gasteiger partial charge on any atom is 0.418 e. The normalized spacial score (nSPS) is 12.6. The zero-order valence-corrected chi connectivity index (χ0v) is 14.6. The Morgan fingerprint density at radius 2 is 1.92 bits per heavy atom. The van der Waals surface area contributed by atoms with Gasteiger partial charge in [-0.3, -0.25) is 9.55 Å². The van der Waals surface area contributed by atoms with Gasteiger partial charge in [0.15, 0.2) is 0 Å². The van der Waals surface area contributed by atoms with E-state index in [2.05, 4.69) is 29.2 Å². The zero-order chi connectivity index (χ0) is 17.6. The first-order valence-electron chi connectivity index (χ1n) is 8.40. The highest BCUT2D eigenvalue weighted by Crippen LogP contribution is 2.41. The van der Waals surface area contributed by atoms with E-state index >= 15 is 0 Å². The molecular formula is C21H20N2O2. The minimum atomic E-state index is -0.516. The van der Waals surface area contributed by atoms with Crippen molar-refractivity contribution < 1.29 is 9.53 Å². The molecule has 0 saturated carbocycles. The Kier molecular flexibility index (Phi) is 3.49. The summed E-state index contributed by atoms with van der Waals surface area (Å²) >= 11 is 0. The second-order valence-corrected chi connectivity index (χ2v) is 7.30. The number of carbonyl (C=O) groups excluding carboxylic acids is 1. The smallest absolute Gasteiger partial charge is 0.418 e. The van der Waals surface area contributed by atoms with Gasteiger partial charge in [0.2, 0.25) is 0 Å². The maximum atomic E-state index is 12.3. The van der Waals surface area contributed by atoms with Crippen LogP contribution in [0.3, 0.4) is 0 Å². The molecule has 2 aromatic heterocycles. The maximum absolute atomic E-state index is 12.3. The van der Waals surface area contributed by atoms with Gasteiger partial charge >= 0.3 is 6.09 Å². The summed E-state index contributed by atoms with van der Waals surface area (Å²) in [5.41, 5.74) is 6.34. The van der Waals surface area contributed by atoms with Gasteiger partial charge in [0.05, 0.1) is 5.69 Å². The summed E-state index contributed by atoms with van der Waals surface area (Å²) in [4.78, 5) is 16.8. The molecule has 1 aliphatic rings. The van der Waals surface area contributed by atoms with Crippen LogP contribution < -0.4 is 0 Å². The van der Waals surface area contributed by atoms with Gasteiger partial charge in [-0.2, -0.15) is 0 Å². The number of carbonyl (C=O) groups is 1. The van der Waals surface area contributed by atoms with Crippen LogP contribution in [0.1, 0.15) is 32.0 Å². The molecule has 0 fully saturated rings. The van der Waals surface area contributed by atoms with Crippen LogP contribution in [0.2, 0.25) is 0 Å². The summed E-state index contributed by atoms with van der Waals surface area (Å²) in [6.07, 6.45) is 5.89. The minimum Gasteiger partial charge on any atom is -0.443 e. The summed E-state index contributed by atoms with van der Waals surface area (Å²) < 4.78 is 6.93. The van der Waals surface area contributed by atoms with Crippen molar-refractivity contribution in [1.82, 2.24) is 9.55 Å². The van der Waals surface area contributed by atoms with E-state index in [1.54, 1.807) is 6.20 Å². The number of hydrogen-bond donors (Lipinski definition) is 0. The van der Waals surface area contributed by atoms with E-state index in [0.29, 0.717) is 0 Å². The highest BCUT2D eigenvalue weighted by molar-refractivity contribution is 5.89. The Morgan fingerprint density at radius 1 is 1.12 bits per heavy atom. The monoisotopic (exact) mass is 332 g/mol. The molecule has 0 spiro atoms. The van der Waals surface area contributed by atoms with E-state index in [4.69, 9.17) is 4.74 Å². The van der Waals surface area contributed by atoms with E-state index in [9.17, 15) is 4.79 Å². The third kappa shape index (κ3) is 2.84. The first kappa shape index (κ1) is 15.6. The lowest BCUT2D eigenvalue weighted by atomic mass is 9.98. The molecule has 25 heavy (non-hydrogen) atoms. The molecule has 126 valence electrons. The van der Waals surface area contributed by atoms with E-state index < -0.39 is 5.60 Å². The highest BCUT2D eigenvalue weighted by atomic mass is 16.6. The number of benzene rings is 1. The lowest BCUT2D eigenvalue weighted by Crippen LogP contribution is -2.26. The molecule has 0 unspecified atom stereocenters. The molecular weight excluding hydrogens is 312 g/mol. The fourth-order valence-corrected chi connectivity index (χ4v) is 3.26. The summed E-state index contributed by atoms with van der Waals surface area (Å²) in [7, 11) is 0. The standard InChI is InChI=1S/C21H20N2O2/c1-21(2,3)25-20(24)23-11-9-15(13-23)17-8-10-22-18-12-14-6-4-5-7-16(14)19(17)18/h4-11,13H,12H2,1-3H3. The van der Waals surface area contributed by atoms with Gasteiger partial charge < -0.3 is 4.74 Å². The minimum absolute atomic E-state index is 0.371. The molecule has 0 aliphatic heterocycles. The second-order valence-electron chi connectivity index (χ2n) is 7.30. The van der Waals surface area contributed by atoms with E-state index in [-0.39, 0.29) is 6.09 Å². The number of rotatable bonds is 1. The summed E-state index contributed by atoms with van der Waals surface area (Å²) in [6, 6.07) is 12.3. The van der Waals surface area contributed by atoms with Gasteiger partial charge in [0, 0.05) is 36.1 Å². The van der Waals surface area contributed by atoms with Crippen molar-refractivity contribution in [3.63, 3.8) is 0 Å². The predicted octanol–water partition coefficient (Wildman–Crippen LogP) is 4.90. The highest BCUT2D eigenvalue weighted by Gasteiger charge is 2.24. The van der Waals surface area contributed by atoms with Crippen LogP contribution in [0.15, 0.2) is 55.0 Å². The molecule has 1 aliphatic carbocycles. The number of aromatic nitrogens is 2. The Labute approximate surface area is 147 Å². The molecule has 4 heteroatoms. The van der Waals surface area contributed by atoms with Gasteiger partial charge in [-0.05, 0) is 49.6 Å². The fraction of sp³-hybridized carbons (Fsp3) is 0.238. The first-order valence-corrected chi connectivity index (χ1v) is 8.40. The molecule has 4 nitrogen and oxygen atoms in total. The van der Waals surface area contributed by atoms with E-state index in [1.807, 2.05) is 45.3 Å². The van der Waals surface area contributed by atoms with E-state index in [0.717, 1.165) is 23.2 Å². The zero-order valence-electron chi connectivity index (χ0n) is 14.6. The molecule has 1 aromatic carbocycles. The van der Waals surface area contributed by atoms with Crippen LogP contribution in [-0.2, 0) is 11.2 Å². The third-order valence-corrected chi connectivity index (χ3v) is 4.28. The SMILES string of the molecule is CC(C)(C)OC(=O)n1ccc(-c2ccnc3c2-c2ccccc2C3)c1. The largest absolute Gasteiger partial charge is 0.443 e. The summed E-state index contributed by atoms with van der Waals surface area (Å²) in [5.74, 6) is 0. The molecule has 0 amide bonds. The van der Waals surface area contributed by atoms with E-state index in [1.165, 1.54) is 21.3 Å². The Hall–Kier alpha value is -2.88. The Balaban J connectivity index is 1.74. The van der Waals surface area contributed by atoms with Gasteiger partial charge in [-0.1, -0.05) is 24.3 Å². The summed E-state index contributed by atoms with van der Waals surface area (Å²) in [5, 5.41) is 0. The number of hydrogen-bond acceptors (Lipinski definition) is 3. The van der Waals surface area contributed by atoms with Gasteiger partial charge in [0.25, 0.3) is 0 Å². The van der Waals surface area contributed by atoms with Crippen LogP contribution in [0, 0.1) is 0 Å². The second kappa shape index (κ2) is 5.59. The first-order chi connectivity index (χ1) is 11.9. The molecule has 4 rings (SSSR count). The van der Waals surface area contributed by atoms with Crippen LogP contribution in [0.25, 0.3) is 22.3 Å². The van der Waals surface area contributed by atoms with Crippen molar-refractivity contribution >= 4 is 6.09 Å². The molecule has 0 radical (unpaired) electrons. The molecule has 0 N–H and O–H groups in total. The van der Waals surface area contributed by atoms with Crippen molar-refractivity contribution in [1.29, 1.82) is 0 Å². The van der Waals surface area contributed by atoms with Crippen molar-refractivity contribution in [2.75, 3.05) is 0 Å². The molecule has 3 aromatic rings. The van der Waals surface area contributed by atoms with Gasteiger partial charge in [-0.15, -0.1) is 0 Å². The average Bonchev–Trinajstić information content (AvgIpc) is 3.18. The molecule has 0 bridgehead atoms. The summed E-state index contributed by atoms with van der Waals surface area (Å²) in [6.45, 7) is 5.59. The average molecular weight is 332 g/mol. The number of pyridine rings is 1. The van der Waals surface area contributed by atoms with Crippen molar-refractivity contribution in [3.05, 3.63) is 66.2 Å². The Morgan fingerprint density at radius 3 is 2.72 bits per heavy atom. The van der Waals surface area contributed by atoms with Crippen LogP contribution in [0.4, 0.5) is 4.79 Å². The van der Waals surface area contributed by atoms with Crippen LogP contribution in [0.5, 0.6) is 0 Å². The number of nitrogens with zero attached hydrogens (tertiary/aromatic N) is 2. The Bertz CT molecular complexity index is 964. The molecule has 0 atom stereocenters. The quantitative estimate of drug-likeness (QED) is 0.498. The molecule has 2 heterocycles. The molecule has 0 saturated heterocycles. The van der Waals surface area contributed by atoms with Crippen LogP contribution in [-0.4, -0.2) is 21.2 Å². The lowest BCUT2D eigenvalue weighted by Gasteiger charge is -2.19. The van der Waals surface area contributed by atoms with Crippen LogP contribution >= 0.6 is 0 Å². The number of fused-ring (bicyclic) bond motifs is 3. The predicted molar refractivity (Wildman–Crippen MR) is 97.5 cm³/mol. The topological polar surface area (TPSA) is 44.1 Å². The lowest BCUT2D eigenvalue weighted by molar-refractivity contribution is 0.0537. The van der Waals surface area contributed by atoms with Crippen molar-refractivity contribution in [2.45, 2.75) is 32.8 Å². The third-order valence-electron chi connectivity index (χ3n) is 4.28. The van der Waals surface area contributed by atoms with Crippen molar-refractivity contribution in [2.24, 2.45) is 0 Å². The van der Waals surface area contributed by atoms with Crippen molar-refractivity contribution in [3.8, 4) is 22.3 Å². The van der Waals surface area contributed by atoms with Gasteiger partial charge in [0.1, 0.15) is 5.60 Å². The van der Waals surface area contributed by atoms with Gasteiger partial charge in [-0.25, -0.2) is 4.79 Å². The number of ether oxygens (including phenoxy) is 1. The fourth-order valence-electron chi connectivity index (χ4n) is 3.26.